The maximum Gasteiger partial charge on any atom is 0.149 e. The largest absolute Gasteiger partial charge is 0.382 e. The molecule has 1 aromatic rings. The van der Waals surface area contributed by atoms with Gasteiger partial charge >= 0.3 is 0 Å². The molecule has 0 bridgehead atoms. The average molecular weight is 232 g/mol. The van der Waals surface area contributed by atoms with Gasteiger partial charge in [-0.1, -0.05) is 12.8 Å². The zero-order chi connectivity index (χ0) is 11.7. The minimum Gasteiger partial charge on any atom is -0.382 e. The molecule has 2 heterocycles. The second kappa shape index (κ2) is 4.51. The van der Waals surface area contributed by atoms with Gasteiger partial charge in [0.25, 0.3) is 0 Å². The SMILES string of the molecule is Nc1cncc(N2CCCC3CCCCC32)n1. The number of piperidine rings is 1. The van der Waals surface area contributed by atoms with E-state index in [2.05, 4.69) is 14.9 Å². The summed E-state index contributed by atoms with van der Waals surface area (Å²) in [5, 5.41) is 0. The second-order valence-corrected chi connectivity index (χ2v) is 5.25. The van der Waals surface area contributed by atoms with Crippen LogP contribution in [0.25, 0.3) is 0 Å². The highest BCUT2D eigenvalue weighted by Crippen LogP contribution is 2.36. The number of aromatic nitrogens is 2. The molecular formula is C13H20N4. The number of hydrogen-bond donors (Lipinski definition) is 1. The molecule has 17 heavy (non-hydrogen) atoms. The number of fused-ring (bicyclic) bond motifs is 1. The fraction of sp³-hybridized carbons (Fsp3) is 0.692. The lowest BCUT2D eigenvalue weighted by Crippen LogP contribution is -2.47. The van der Waals surface area contributed by atoms with E-state index in [-0.39, 0.29) is 0 Å². The van der Waals surface area contributed by atoms with Crippen LogP contribution in [0.4, 0.5) is 11.6 Å². The molecule has 1 aliphatic heterocycles. The molecule has 4 nitrogen and oxygen atoms in total. The summed E-state index contributed by atoms with van der Waals surface area (Å²) in [6, 6.07) is 0.675. The van der Waals surface area contributed by atoms with E-state index in [9.17, 15) is 0 Å². The molecule has 2 atom stereocenters. The molecule has 0 amide bonds. The topological polar surface area (TPSA) is 55.0 Å². The number of hydrogen-bond acceptors (Lipinski definition) is 4. The van der Waals surface area contributed by atoms with Gasteiger partial charge in [0.05, 0.1) is 12.4 Å². The molecule has 1 saturated heterocycles. The molecule has 2 fully saturated rings. The van der Waals surface area contributed by atoms with Crippen LogP contribution in [-0.4, -0.2) is 22.6 Å². The molecule has 0 spiro atoms. The van der Waals surface area contributed by atoms with Crippen LogP contribution in [-0.2, 0) is 0 Å². The van der Waals surface area contributed by atoms with Crippen LogP contribution < -0.4 is 10.6 Å². The maximum atomic E-state index is 5.73. The van der Waals surface area contributed by atoms with Crippen LogP contribution in [0.5, 0.6) is 0 Å². The predicted octanol–water partition coefficient (Wildman–Crippen LogP) is 2.22. The third kappa shape index (κ3) is 2.08. The van der Waals surface area contributed by atoms with Crippen LogP contribution in [0.1, 0.15) is 38.5 Å². The molecule has 4 heteroatoms. The monoisotopic (exact) mass is 232 g/mol. The van der Waals surface area contributed by atoms with Crippen molar-refractivity contribution in [2.45, 2.75) is 44.6 Å². The molecule has 1 saturated carbocycles. The van der Waals surface area contributed by atoms with Gasteiger partial charge in [-0.15, -0.1) is 0 Å². The van der Waals surface area contributed by atoms with Crippen molar-refractivity contribution in [3.63, 3.8) is 0 Å². The van der Waals surface area contributed by atoms with Gasteiger partial charge in [0.15, 0.2) is 0 Å². The quantitative estimate of drug-likeness (QED) is 0.806. The minimum atomic E-state index is 0.528. The van der Waals surface area contributed by atoms with Gasteiger partial charge in [0, 0.05) is 12.6 Å². The molecule has 1 aliphatic carbocycles. The van der Waals surface area contributed by atoms with E-state index in [1.807, 2.05) is 6.20 Å². The first kappa shape index (κ1) is 10.8. The lowest BCUT2D eigenvalue weighted by Gasteiger charge is -2.44. The number of nitrogens with zero attached hydrogens (tertiary/aromatic N) is 3. The van der Waals surface area contributed by atoms with E-state index in [0.29, 0.717) is 11.9 Å². The van der Waals surface area contributed by atoms with Crippen LogP contribution in [0.15, 0.2) is 12.4 Å². The predicted molar refractivity (Wildman–Crippen MR) is 68.8 cm³/mol. The maximum absolute atomic E-state index is 5.73. The molecule has 0 radical (unpaired) electrons. The van der Waals surface area contributed by atoms with Crippen molar-refractivity contribution in [1.82, 2.24) is 9.97 Å². The van der Waals surface area contributed by atoms with Gasteiger partial charge < -0.3 is 10.6 Å². The Kier molecular flexibility index (Phi) is 2.87. The fourth-order valence-electron chi connectivity index (χ4n) is 3.42. The van der Waals surface area contributed by atoms with Gasteiger partial charge in [0.1, 0.15) is 11.6 Å². The normalized spacial score (nSPS) is 28.8. The zero-order valence-electron chi connectivity index (χ0n) is 10.2. The van der Waals surface area contributed by atoms with E-state index in [1.54, 1.807) is 6.20 Å². The summed E-state index contributed by atoms with van der Waals surface area (Å²) >= 11 is 0. The summed E-state index contributed by atoms with van der Waals surface area (Å²) in [7, 11) is 0. The van der Waals surface area contributed by atoms with Gasteiger partial charge in [-0.05, 0) is 31.6 Å². The summed E-state index contributed by atoms with van der Waals surface area (Å²) in [5.74, 6) is 2.36. The molecule has 1 aromatic heterocycles. The number of nitrogens with two attached hydrogens (primary N) is 1. The first-order valence-corrected chi connectivity index (χ1v) is 6.69. The Morgan fingerprint density at radius 3 is 2.82 bits per heavy atom. The minimum absolute atomic E-state index is 0.528. The van der Waals surface area contributed by atoms with Crippen molar-refractivity contribution in [3.05, 3.63) is 12.4 Å². The van der Waals surface area contributed by atoms with Gasteiger partial charge in [-0.3, -0.25) is 4.98 Å². The second-order valence-electron chi connectivity index (χ2n) is 5.25. The molecule has 2 N–H and O–H groups in total. The highest BCUT2D eigenvalue weighted by atomic mass is 15.2. The average Bonchev–Trinajstić information content (AvgIpc) is 2.38. The van der Waals surface area contributed by atoms with Crippen molar-refractivity contribution in [1.29, 1.82) is 0 Å². The summed E-state index contributed by atoms with van der Waals surface area (Å²) in [6.45, 7) is 1.11. The Morgan fingerprint density at radius 2 is 1.94 bits per heavy atom. The van der Waals surface area contributed by atoms with Gasteiger partial charge in [-0.2, -0.15) is 0 Å². The third-order valence-corrected chi connectivity index (χ3v) is 4.18. The van der Waals surface area contributed by atoms with E-state index >= 15 is 0 Å². The lowest BCUT2D eigenvalue weighted by molar-refractivity contribution is 0.242. The van der Waals surface area contributed by atoms with Gasteiger partial charge in [0.2, 0.25) is 0 Å². The first-order chi connectivity index (χ1) is 8.34. The molecule has 0 aromatic carbocycles. The summed E-state index contributed by atoms with van der Waals surface area (Å²) < 4.78 is 0. The molecular weight excluding hydrogens is 212 g/mol. The third-order valence-electron chi connectivity index (χ3n) is 4.18. The smallest absolute Gasteiger partial charge is 0.149 e. The Labute approximate surface area is 102 Å². The van der Waals surface area contributed by atoms with Crippen LogP contribution >= 0.6 is 0 Å². The van der Waals surface area contributed by atoms with Crippen LogP contribution in [0.2, 0.25) is 0 Å². The number of nitrogen functional groups attached to an aromatic ring is 1. The highest BCUT2D eigenvalue weighted by molar-refractivity contribution is 5.43. The standard InChI is InChI=1S/C13H20N4/c14-12-8-15-9-13(16-12)17-7-3-5-10-4-1-2-6-11(10)17/h8-11H,1-7H2,(H2,14,16). The number of anilines is 2. The van der Waals surface area contributed by atoms with Crippen molar-refractivity contribution < 1.29 is 0 Å². The first-order valence-electron chi connectivity index (χ1n) is 6.69. The van der Waals surface area contributed by atoms with E-state index < -0.39 is 0 Å². The molecule has 92 valence electrons. The van der Waals surface area contributed by atoms with Crippen molar-refractivity contribution >= 4 is 11.6 Å². The van der Waals surface area contributed by atoms with Crippen LogP contribution in [0, 0.1) is 5.92 Å². The summed E-state index contributed by atoms with van der Waals surface area (Å²) in [6.07, 6.45) is 11.6. The Bertz CT molecular complexity index is 391. The van der Waals surface area contributed by atoms with E-state index in [4.69, 9.17) is 5.73 Å². The Hall–Kier alpha value is -1.32. The summed E-state index contributed by atoms with van der Waals surface area (Å²) in [4.78, 5) is 11.0. The van der Waals surface area contributed by atoms with Crippen molar-refractivity contribution in [2.24, 2.45) is 5.92 Å². The van der Waals surface area contributed by atoms with Crippen LogP contribution in [0.3, 0.4) is 0 Å². The Morgan fingerprint density at radius 1 is 1.12 bits per heavy atom. The number of rotatable bonds is 1. The Balaban J connectivity index is 1.85. The van der Waals surface area contributed by atoms with Crippen molar-refractivity contribution in [2.75, 3.05) is 17.2 Å². The molecule has 3 rings (SSSR count). The summed E-state index contributed by atoms with van der Waals surface area (Å²) in [5.41, 5.74) is 5.73. The molecule has 2 aliphatic rings. The molecule has 2 unspecified atom stereocenters. The van der Waals surface area contributed by atoms with Crippen molar-refractivity contribution in [3.8, 4) is 0 Å². The highest BCUT2D eigenvalue weighted by Gasteiger charge is 2.33. The zero-order valence-corrected chi connectivity index (χ0v) is 10.2. The van der Waals surface area contributed by atoms with E-state index in [1.165, 1.54) is 38.5 Å². The van der Waals surface area contributed by atoms with Gasteiger partial charge in [-0.25, -0.2) is 4.98 Å². The fourth-order valence-corrected chi connectivity index (χ4v) is 3.42. The lowest BCUT2D eigenvalue weighted by atomic mass is 9.78. The van der Waals surface area contributed by atoms with E-state index in [0.717, 1.165) is 18.3 Å².